The number of halogens is 2. The summed E-state index contributed by atoms with van der Waals surface area (Å²) in [4.78, 5) is 12.1. The van der Waals surface area contributed by atoms with Crippen LogP contribution in [0.25, 0.3) is 5.69 Å². The first kappa shape index (κ1) is 17.4. The molecule has 1 aromatic heterocycles. The number of rotatable bonds is 4. The zero-order valence-corrected chi connectivity index (χ0v) is 15.6. The summed E-state index contributed by atoms with van der Waals surface area (Å²) in [6, 6.07) is 16.7. The molecule has 3 rings (SSSR count). The monoisotopic (exact) mass is 416 g/mol. The molecule has 3 aromatic rings. The number of nitrogens with zero attached hydrogens (tertiary/aromatic N) is 3. The Labute approximate surface area is 158 Å². The van der Waals surface area contributed by atoms with E-state index in [1.54, 1.807) is 22.9 Å². The fraction of sp³-hybridized carbons (Fsp3) is 0.0556. The summed E-state index contributed by atoms with van der Waals surface area (Å²) < 4.78 is 2.34. The van der Waals surface area contributed by atoms with Crippen molar-refractivity contribution in [3.8, 4) is 5.69 Å². The lowest BCUT2D eigenvalue weighted by atomic mass is 10.2. The number of benzene rings is 2. The lowest BCUT2D eigenvalue weighted by molar-refractivity contribution is 0.0954. The molecule has 1 heterocycles. The second kappa shape index (κ2) is 7.63. The van der Waals surface area contributed by atoms with E-state index in [4.69, 9.17) is 11.6 Å². The van der Waals surface area contributed by atoms with Crippen molar-refractivity contribution in [3.05, 3.63) is 81.0 Å². The number of amides is 1. The molecule has 0 aliphatic carbocycles. The first-order valence-corrected chi connectivity index (χ1v) is 8.63. The maximum atomic E-state index is 12.1. The minimum atomic E-state index is -0.312. The van der Waals surface area contributed by atoms with Crippen LogP contribution < -0.4 is 5.43 Å². The maximum absolute atomic E-state index is 12.1. The summed E-state index contributed by atoms with van der Waals surface area (Å²) in [6.45, 7) is 1.84. The number of nitrogens with one attached hydrogen (secondary N) is 1. The molecule has 7 heteroatoms. The molecular formula is C18H14BrClN4O. The third-order valence-electron chi connectivity index (χ3n) is 3.53. The highest BCUT2D eigenvalue weighted by molar-refractivity contribution is 9.10. The average molecular weight is 418 g/mol. The first-order valence-electron chi connectivity index (χ1n) is 7.46. The van der Waals surface area contributed by atoms with Gasteiger partial charge in [-0.15, -0.1) is 0 Å². The lowest BCUT2D eigenvalue weighted by Crippen LogP contribution is -2.18. The van der Waals surface area contributed by atoms with Crippen LogP contribution in [0, 0.1) is 6.92 Å². The topological polar surface area (TPSA) is 59.3 Å². The van der Waals surface area contributed by atoms with Gasteiger partial charge in [0.25, 0.3) is 5.91 Å². The van der Waals surface area contributed by atoms with Crippen molar-refractivity contribution in [2.45, 2.75) is 6.92 Å². The highest BCUT2D eigenvalue weighted by Gasteiger charge is 2.13. The Kier molecular flexibility index (Phi) is 5.31. The Hall–Kier alpha value is -2.44. The molecule has 0 unspecified atom stereocenters. The van der Waals surface area contributed by atoms with Gasteiger partial charge in [-0.3, -0.25) is 4.79 Å². The molecule has 0 aliphatic heterocycles. The third-order valence-corrected chi connectivity index (χ3v) is 4.58. The van der Waals surface area contributed by atoms with Crippen LogP contribution in [0.5, 0.6) is 0 Å². The maximum Gasteiger partial charge on any atom is 0.272 e. The van der Waals surface area contributed by atoms with E-state index in [0.717, 1.165) is 5.69 Å². The molecule has 0 saturated carbocycles. The van der Waals surface area contributed by atoms with Crippen molar-refractivity contribution in [3.63, 3.8) is 0 Å². The Bertz CT molecular complexity index is 938. The number of carbonyl (C=O) groups is 1. The molecule has 1 N–H and O–H groups in total. The molecule has 1 amide bonds. The van der Waals surface area contributed by atoms with Crippen LogP contribution in [-0.2, 0) is 0 Å². The average Bonchev–Trinajstić information content (AvgIpc) is 2.91. The van der Waals surface area contributed by atoms with Gasteiger partial charge in [-0.05, 0) is 47.1 Å². The molecule has 0 aliphatic rings. The van der Waals surface area contributed by atoms with Crippen LogP contribution in [-0.4, -0.2) is 21.9 Å². The molecular weight excluding hydrogens is 404 g/mol. The van der Waals surface area contributed by atoms with Gasteiger partial charge in [0.05, 0.1) is 28.7 Å². The van der Waals surface area contributed by atoms with E-state index in [2.05, 4.69) is 31.6 Å². The predicted molar refractivity (Wildman–Crippen MR) is 103 cm³/mol. The van der Waals surface area contributed by atoms with Gasteiger partial charge in [0.1, 0.15) is 5.15 Å². The summed E-state index contributed by atoms with van der Waals surface area (Å²) in [5, 5.41) is 8.86. The second-order valence-corrected chi connectivity index (χ2v) is 6.43. The quantitative estimate of drug-likeness (QED) is 0.506. The van der Waals surface area contributed by atoms with E-state index in [1.807, 2.05) is 43.3 Å². The van der Waals surface area contributed by atoms with Gasteiger partial charge in [0.2, 0.25) is 0 Å². The Morgan fingerprint density at radius 2 is 1.88 bits per heavy atom. The van der Waals surface area contributed by atoms with Gasteiger partial charge in [0.15, 0.2) is 0 Å². The zero-order valence-electron chi connectivity index (χ0n) is 13.3. The van der Waals surface area contributed by atoms with Crippen LogP contribution in [0.15, 0.2) is 64.2 Å². The van der Waals surface area contributed by atoms with Crippen LogP contribution in [0.3, 0.4) is 0 Å². The number of para-hydroxylation sites is 1. The van der Waals surface area contributed by atoms with Crippen molar-refractivity contribution >= 4 is 39.7 Å². The van der Waals surface area contributed by atoms with Crippen molar-refractivity contribution < 1.29 is 4.79 Å². The van der Waals surface area contributed by atoms with E-state index >= 15 is 0 Å². The van der Waals surface area contributed by atoms with Crippen LogP contribution >= 0.6 is 27.5 Å². The standard InChI is InChI=1S/C18H14BrClN4O/c1-12-15(17(20)24(23-12)13-7-3-2-4-8-13)11-21-22-18(25)14-9-5-6-10-16(14)19/h2-11H,1H3,(H,22,25)/b21-11+. The summed E-state index contributed by atoms with van der Waals surface area (Å²) in [5.74, 6) is -0.312. The van der Waals surface area contributed by atoms with E-state index in [9.17, 15) is 4.79 Å². The predicted octanol–water partition coefficient (Wildman–Crippen LogP) is 4.36. The highest BCUT2D eigenvalue weighted by Crippen LogP contribution is 2.22. The number of carbonyl (C=O) groups excluding carboxylic acids is 1. The molecule has 0 spiro atoms. The fourth-order valence-corrected chi connectivity index (χ4v) is 3.04. The van der Waals surface area contributed by atoms with Crippen molar-refractivity contribution in [2.75, 3.05) is 0 Å². The van der Waals surface area contributed by atoms with Crippen molar-refractivity contribution in [1.29, 1.82) is 0 Å². The molecule has 0 bridgehead atoms. The second-order valence-electron chi connectivity index (χ2n) is 5.22. The molecule has 0 radical (unpaired) electrons. The highest BCUT2D eigenvalue weighted by atomic mass is 79.9. The van der Waals surface area contributed by atoms with Gasteiger partial charge in [0, 0.05) is 4.47 Å². The van der Waals surface area contributed by atoms with Gasteiger partial charge < -0.3 is 0 Å². The molecule has 25 heavy (non-hydrogen) atoms. The van der Waals surface area contributed by atoms with Gasteiger partial charge in [-0.1, -0.05) is 41.9 Å². The Balaban J connectivity index is 1.80. The summed E-state index contributed by atoms with van der Waals surface area (Å²) in [6.07, 6.45) is 1.50. The molecule has 126 valence electrons. The summed E-state index contributed by atoms with van der Waals surface area (Å²) in [5.41, 5.74) is 5.22. The van der Waals surface area contributed by atoms with Crippen LogP contribution in [0.4, 0.5) is 0 Å². The van der Waals surface area contributed by atoms with Crippen molar-refractivity contribution in [2.24, 2.45) is 5.10 Å². The zero-order chi connectivity index (χ0) is 17.8. The van der Waals surface area contributed by atoms with Gasteiger partial charge >= 0.3 is 0 Å². The van der Waals surface area contributed by atoms with Crippen LogP contribution in [0.2, 0.25) is 5.15 Å². The number of aromatic nitrogens is 2. The fourth-order valence-electron chi connectivity index (χ4n) is 2.26. The van der Waals surface area contributed by atoms with E-state index in [-0.39, 0.29) is 5.91 Å². The number of hydrogen-bond acceptors (Lipinski definition) is 3. The molecule has 0 atom stereocenters. The molecule has 5 nitrogen and oxygen atoms in total. The largest absolute Gasteiger partial charge is 0.272 e. The molecule has 2 aromatic carbocycles. The minimum absolute atomic E-state index is 0.312. The Morgan fingerprint density at radius 1 is 1.20 bits per heavy atom. The first-order chi connectivity index (χ1) is 12.1. The summed E-state index contributed by atoms with van der Waals surface area (Å²) in [7, 11) is 0. The normalized spacial score (nSPS) is 11.0. The number of aryl methyl sites for hydroxylation is 1. The van der Waals surface area contributed by atoms with Crippen molar-refractivity contribution in [1.82, 2.24) is 15.2 Å². The van der Waals surface area contributed by atoms with Crippen LogP contribution in [0.1, 0.15) is 21.6 Å². The van der Waals surface area contributed by atoms with E-state index in [1.165, 1.54) is 6.21 Å². The van der Waals surface area contributed by atoms with Gasteiger partial charge in [-0.25, -0.2) is 10.1 Å². The molecule has 0 saturated heterocycles. The summed E-state index contributed by atoms with van der Waals surface area (Å²) >= 11 is 9.75. The van der Waals surface area contributed by atoms with E-state index in [0.29, 0.717) is 26.4 Å². The molecule has 0 fully saturated rings. The smallest absolute Gasteiger partial charge is 0.267 e. The Morgan fingerprint density at radius 3 is 2.60 bits per heavy atom. The minimum Gasteiger partial charge on any atom is -0.267 e. The number of hydrazone groups is 1. The van der Waals surface area contributed by atoms with E-state index < -0.39 is 0 Å². The number of hydrogen-bond donors (Lipinski definition) is 1. The lowest BCUT2D eigenvalue weighted by Gasteiger charge is -2.02. The SMILES string of the molecule is Cc1nn(-c2ccccc2)c(Cl)c1/C=N/NC(=O)c1ccccc1Br. The van der Waals surface area contributed by atoms with Gasteiger partial charge in [-0.2, -0.15) is 10.2 Å². The third kappa shape index (κ3) is 3.81.